The van der Waals surface area contributed by atoms with Crippen molar-refractivity contribution in [2.45, 2.75) is 64.6 Å². The maximum atomic E-state index is 14.0. The molecule has 214 valence electrons. The molecule has 0 heterocycles. The molecule has 3 rings (SSSR count). The van der Waals surface area contributed by atoms with Crippen LogP contribution in [0, 0.1) is 13.8 Å². The molecule has 3 aromatic rings. The van der Waals surface area contributed by atoms with Crippen LogP contribution in [0.1, 0.15) is 43.9 Å². The number of hydrogen-bond acceptors (Lipinski definition) is 5. The first-order valence-electron chi connectivity index (χ1n) is 13.3. The van der Waals surface area contributed by atoms with Crippen molar-refractivity contribution in [2.24, 2.45) is 0 Å². The van der Waals surface area contributed by atoms with Crippen molar-refractivity contribution in [2.75, 3.05) is 18.0 Å². The molecule has 0 fully saturated rings. The Morgan fingerprint density at radius 2 is 1.52 bits per heavy atom. The summed E-state index contributed by atoms with van der Waals surface area (Å²) < 4.78 is 34.2. The fourth-order valence-electron chi connectivity index (χ4n) is 4.09. The van der Waals surface area contributed by atoms with E-state index >= 15 is 0 Å². The molecule has 2 atom stereocenters. The molecule has 0 aliphatic rings. The molecule has 0 spiro atoms. The SMILES string of the molecule is CC[C@H](C)NC(=O)[C@@H](C)N(Cc1cccc(OC)c1)C(=O)CN(c1ccc(C)cc1)S(=O)(=O)c1ccc(C)cc1. The van der Waals surface area contributed by atoms with Gasteiger partial charge in [-0.1, -0.05) is 54.4 Å². The Bertz CT molecular complexity index is 1410. The van der Waals surface area contributed by atoms with Crippen LogP contribution in [-0.2, 0) is 26.2 Å². The first-order valence-corrected chi connectivity index (χ1v) is 14.8. The van der Waals surface area contributed by atoms with Crippen LogP contribution in [0.3, 0.4) is 0 Å². The van der Waals surface area contributed by atoms with Gasteiger partial charge in [0.25, 0.3) is 10.0 Å². The molecule has 9 heteroatoms. The van der Waals surface area contributed by atoms with Gasteiger partial charge in [0.05, 0.1) is 17.7 Å². The van der Waals surface area contributed by atoms with Crippen molar-refractivity contribution in [3.05, 3.63) is 89.5 Å². The predicted octanol–water partition coefficient (Wildman–Crippen LogP) is 4.84. The summed E-state index contributed by atoms with van der Waals surface area (Å²) in [5.41, 5.74) is 2.98. The lowest BCUT2D eigenvalue weighted by Gasteiger charge is -2.32. The van der Waals surface area contributed by atoms with Crippen molar-refractivity contribution >= 4 is 27.5 Å². The molecule has 0 unspecified atom stereocenters. The van der Waals surface area contributed by atoms with E-state index in [2.05, 4.69) is 5.32 Å². The van der Waals surface area contributed by atoms with E-state index in [1.165, 1.54) is 17.0 Å². The van der Waals surface area contributed by atoms with Crippen molar-refractivity contribution in [3.8, 4) is 5.75 Å². The molecule has 40 heavy (non-hydrogen) atoms. The summed E-state index contributed by atoms with van der Waals surface area (Å²) in [5.74, 6) is -0.204. The highest BCUT2D eigenvalue weighted by Gasteiger charge is 2.32. The van der Waals surface area contributed by atoms with Crippen molar-refractivity contribution < 1.29 is 22.7 Å². The number of aryl methyl sites for hydroxylation is 2. The minimum absolute atomic E-state index is 0.0744. The van der Waals surface area contributed by atoms with E-state index in [-0.39, 0.29) is 23.4 Å². The third kappa shape index (κ3) is 7.63. The van der Waals surface area contributed by atoms with Gasteiger partial charge in [-0.2, -0.15) is 0 Å². The number of benzene rings is 3. The topological polar surface area (TPSA) is 96.0 Å². The lowest BCUT2D eigenvalue weighted by atomic mass is 10.1. The van der Waals surface area contributed by atoms with E-state index in [1.807, 2.05) is 33.8 Å². The Hall–Kier alpha value is -3.85. The summed E-state index contributed by atoms with van der Waals surface area (Å²) in [6.45, 7) is 8.90. The monoisotopic (exact) mass is 565 g/mol. The number of rotatable bonds is 12. The molecule has 0 aromatic heterocycles. The van der Waals surface area contributed by atoms with Gasteiger partial charge in [-0.15, -0.1) is 0 Å². The Balaban J connectivity index is 2.03. The number of ether oxygens (including phenoxy) is 1. The van der Waals surface area contributed by atoms with Gasteiger partial charge < -0.3 is 15.0 Å². The average molecular weight is 566 g/mol. The maximum Gasteiger partial charge on any atom is 0.264 e. The van der Waals surface area contributed by atoms with Crippen LogP contribution >= 0.6 is 0 Å². The second kappa shape index (κ2) is 13.5. The quantitative estimate of drug-likeness (QED) is 0.339. The van der Waals surface area contributed by atoms with Crippen molar-refractivity contribution in [1.29, 1.82) is 0 Å². The molecule has 3 aromatic carbocycles. The molecule has 0 aliphatic carbocycles. The van der Waals surface area contributed by atoms with Crippen LogP contribution < -0.4 is 14.4 Å². The van der Waals surface area contributed by atoms with Gasteiger partial charge in [0.2, 0.25) is 11.8 Å². The molecule has 0 radical (unpaired) electrons. The molecule has 2 amide bonds. The van der Waals surface area contributed by atoms with Gasteiger partial charge in [0.1, 0.15) is 18.3 Å². The van der Waals surface area contributed by atoms with Crippen LogP contribution in [-0.4, -0.2) is 50.9 Å². The van der Waals surface area contributed by atoms with Gasteiger partial charge >= 0.3 is 0 Å². The van der Waals surface area contributed by atoms with E-state index < -0.39 is 28.5 Å². The Morgan fingerprint density at radius 1 is 0.925 bits per heavy atom. The highest BCUT2D eigenvalue weighted by Crippen LogP contribution is 2.25. The summed E-state index contributed by atoms with van der Waals surface area (Å²) in [4.78, 5) is 28.6. The largest absolute Gasteiger partial charge is 0.497 e. The number of anilines is 1. The summed E-state index contributed by atoms with van der Waals surface area (Å²) >= 11 is 0. The van der Waals surface area contributed by atoms with Gasteiger partial charge in [0.15, 0.2) is 0 Å². The predicted molar refractivity (Wildman–Crippen MR) is 158 cm³/mol. The third-order valence-electron chi connectivity index (χ3n) is 6.87. The molecule has 0 saturated heterocycles. The standard InChI is InChI=1S/C31H39N3O5S/c1-7-24(4)32-31(36)25(5)33(20-26-9-8-10-28(19-26)39-6)30(35)21-34(27-15-11-22(2)12-16-27)40(37,38)29-17-13-23(3)14-18-29/h8-19,24-25H,7,20-21H2,1-6H3,(H,32,36)/t24-,25+/m0/s1. The molecule has 8 nitrogen and oxygen atoms in total. The van der Waals surface area contributed by atoms with Crippen molar-refractivity contribution in [3.63, 3.8) is 0 Å². The summed E-state index contributed by atoms with van der Waals surface area (Å²) in [7, 11) is -2.54. The molecule has 0 saturated carbocycles. The number of carbonyl (C=O) groups excluding carboxylic acids is 2. The lowest BCUT2D eigenvalue weighted by molar-refractivity contribution is -0.139. The molecular formula is C31H39N3O5S. The van der Waals surface area contributed by atoms with Crippen LogP contribution in [0.25, 0.3) is 0 Å². The number of nitrogens with zero attached hydrogens (tertiary/aromatic N) is 2. The number of carbonyl (C=O) groups is 2. The van der Waals surface area contributed by atoms with Crippen LogP contribution in [0.15, 0.2) is 77.7 Å². The van der Waals surface area contributed by atoms with E-state index in [0.717, 1.165) is 27.4 Å². The first kappa shape index (κ1) is 30.7. The minimum atomic E-state index is -4.10. The number of sulfonamides is 1. The zero-order valence-electron chi connectivity index (χ0n) is 24.0. The van der Waals surface area contributed by atoms with E-state index in [9.17, 15) is 18.0 Å². The first-order chi connectivity index (χ1) is 19.0. The highest BCUT2D eigenvalue weighted by molar-refractivity contribution is 7.92. The van der Waals surface area contributed by atoms with Crippen molar-refractivity contribution in [1.82, 2.24) is 10.2 Å². The normalized spacial score (nSPS) is 12.8. The minimum Gasteiger partial charge on any atom is -0.497 e. The molecule has 0 bridgehead atoms. The summed E-state index contributed by atoms with van der Waals surface area (Å²) in [6, 6.07) is 19.8. The molecule has 1 N–H and O–H groups in total. The summed E-state index contributed by atoms with van der Waals surface area (Å²) in [6.07, 6.45) is 0.734. The van der Waals surface area contributed by atoms with E-state index in [1.54, 1.807) is 68.6 Å². The van der Waals surface area contributed by atoms with Gasteiger partial charge in [0, 0.05) is 12.6 Å². The Labute approximate surface area is 238 Å². The second-order valence-corrected chi connectivity index (χ2v) is 11.9. The molecular weight excluding hydrogens is 526 g/mol. The fourth-order valence-corrected chi connectivity index (χ4v) is 5.51. The number of nitrogens with one attached hydrogen (secondary N) is 1. The number of hydrogen-bond donors (Lipinski definition) is 1. The average Bonchev–Trinajstić information content (AvgIpc) is 2.94. The second-order valence-electron chi connectivity index (χ2n) is 10.0. The van der Waals surface area contributed by atoms with Crippen LogP contribution in [0.2, 0.25) is 0 Å². The zero-order valence-corrected chi connectivity index (χ0v) is 24.9. The van der Waals surface area contributed by atoms with Crippen LogP contribution in [0.4, 0.5) is 5.69 Å². The number of methoxy groups -OCH3 is 1. The fraction of sp³-hybridized carbons (Fsp3) is 0.355. The van der Waals surface area contributed by atoms with E-state index in [4.69, 9.17) is 4.74 Å². The Morgan fingerprint density at radius 3 is 2.10 bits per heavy atom. The van der Waals surface area contributed by atoms with Gasteiger partial charge in [-0.05, 0) is 76.1 Å². The van der Waals surface area contributed by atoms with Gasteiger partial charge in [-0.25, -0.2) is 8.42 Å². The van der Waals surface area contributed by atoms with Gasteiger partial charge in [-0.3, -0.25) is 13.9 Å². The zero-order chi connectivity index (χ0) is 29.4. The number of amides is 2. The van der Waals surface area contributed by atoms with E-state index in [0.29, 0.717) is 11.4 Å². The smallest absolute Gasteiger partial charge is 0.264 e. The highest BCUT2D eigenvalue weighted by atomic mass is 32.2. The van der Waals surface area contributed by atoms with Crippen LogP contribution in [0.5, 0.6) is 5.75 Å². The summed E-state index contributed by atoms with van der Waals surface area (Å²) in [5, 5.41) is 2.94. The Kier molecular flexibility index (Phi) is 10.3. The maximum absolute atomic E-state index is 14.0. The third-order valence-corrected chi connectivity index (χ3v) is 8.65. The molecule has 0 aliphatic heterocycles. The lowest BCUT2D eigenvalue weighted by Crippen LogP contribution is -2.52.